The van der Waals surface area contributed by atoms with Crippen molar-refractivity contribution in [3.63, 3.8) is 0 Å². The topological polar surface area (TPSA) is 48.9 Å². The zero-order valence-corrected chi connectivity index (χ0v) is 20.1. The molecule has 0 radical (unpaired) electrons. The number of aliphatic imine (C=N–C) groups is 1. The highest BCUT2D eigenvalue weighted by Gasteiger charge is 2.23. The molecule has 1 aliphatic rings. The summed E-state index contributed by atoms with van der Waals surface area (Å²) < 4.78 is 5.31. The van der Waals surface area contributed by atoms with E-state index in [1.165, 1.54) is 28.2 Å². The Morgan fingerprint density at radius 1 is 1.14 bits per heavy atom. The Balaban J connectivity index is 0.00000280. The van der Waals surface area contributed by atoms with Gasteiger partial charge in [-0.3, -0.25) is 9.89 Å². The van der Waals surface area contributed by atoms with Gasteiger partial charge >= 0.3 is 0 Å². The van der Waals surface area contributed by atoms with E-state index in [1.807, 2.05) is 30.5 Å². The van der Waals surface area contributed by atoms with Crippen LogP contribution in [0.4, 0.5) is 0 Å². The second kappa shape index (κ2) is 11.6. The first-order valence-electron chi connectivity index (χ1n) is 9.57. The maximum absolute atomic E-state index is 5.31. The lowest BCUT2D eigenvalue weighted by Crippen LogP contribution is -2.42. The van der Waals surface area contributed by atoms with Gasteiger partial charge in [-0.2, -0.15) is 0 Å². The molecule has 1 saturated heterocycles. The van der Waals surface area contributed by atoms with Crippen LogP contribution in [-0.4, -0.2) is 44.7 Å². The maximum Gasteiger partial charge on any atom is 0.191 e. The Kier molecular flexibility index (Phi) is 9.53. The number of nitrogens with zero attached hydrogens (tertiary/aromatic N) is 2. The third kappa shape index (κ3) is 6.35. The molecule has 28 heavy (non-hydrogen) atoms. The number of methoxy groups -OCH3 is 1. The van der Waals surface area contributed by atoms with E-state index in [1.54, 1.807) is 7.11 Å². The van der Waals surface area contributed by atoms with Gasteiger partial charge in [-0.15, -0.1) is 35.3 Å². The van der Waals surface area contributed by atoms with Crippen LogP contribution in [0, 0.1) is 6.92 Å². The summed E-state index contributed by atoms with van der Waals surface area (Å²) in [6, 6.07) is 13.1. The number of hydrogen-bond donors (Lipinski definition) is 2. The van der Waals surface area contributed by atoms with Crippen molar-refractivity contribution < 1.29 is 4.74 Å². The van der Waals surface area contributed by atoms with Gasteiger partial charge in [0.2, 0.25) is 0 Å². The summed E-state index contributed by atoms with van der Waals surface area (Å²) in [6.07, 6.45) is 2.55. The van der Waals surface area contributed by atoms with Crippen molar-refractivity contribution in [2.24, 2.45) is 4.99 Å². The molecule has 0 bridgehead atoms. The number of guanidine groups is 1. The largest absolute Gasteiger partial charge is 0.497 e. The van der Waals surface area contributed by atoms with Crippen molar-refractivity contribution in [2.45, 2.75) is 32.4 Å². The summed E-state index contributed by atoms with van der Waals surface area (Å²) in [4.78, 5) is 9.61. The number of likely N-dealkylation sites (tertiary alicyclic amines) is 1. The molecule has 0 spiro atoms. The van der Waals surface area contributed by atoms with Crippen LogP contribution in [0.2, 0.25) is 0 Å². The number of rotatable bonds is 7. The number of aryl methyl sites for hydroxylation is 1. The SMILES string of the molecule is CN=C(NCc1ccc(C)s1)NCC(c1ccc(OC)cc1)N1CCCC1.I. The summed E-state index contributed by atoms with van der Waals surface area (Å²) in [5.41, 5.74) is 1.31. The highest BCUT2D eigenvalue weighted by Crippen LogP contribution is 2.26. The van der Waals surface area contributed by atoms with E-state index in [4.69, 9.17) is 4.74 Å². The molecular formula is C21H31IN4OS. The van der Waals surface area contributed by atoms with Crippen molar-refractivity contribution in [1.29, 1.82) is 0 Å². The zero-order valence-electron chi connectivity index (χ0n) is 16.9. The lowest BCUT2D eigenvalue weighted by Gasteiger charge is -2.29. The predicted octanol–water partition coefficient (Wildman–Crippen LogP) is 4.19. The highest BCUT2D eigenvalue weighted by molar-refractivity contribution is 14.0. The number of ether oxygens (including phenoxy) is 1. The zero-order chi connectivity index (χ0) is 19.1. The first-order valence-corrected chi connectivity index (χ1v) is 10.4. The lowest BCUT2D eigenvalue weighted by atomic mass is 10.1. The number of halogens is 1. The minimum absolute atomic E-state index is 0. The van der Waals surface area contributed by atoms with Gasteiger partial charge in [0.15, 0.2) is 5.96 Å². The lowest BCUT2D eigenvalue weighted by molar-refractivity contribution is 0.245. The van der Waals surface area contributed by atoms with Crippen LogP contribution < -0.4 is 15.4 Å². The van der Waals surface area contributed by atoms with E-state index in [2.05, 4.69) is 51.7 Å². The number of nitrogens with one attached hydrogen (secondary N) is 2. The highest BCUT2D eigenvalue weighted by atomic mass is 127. The molecule has 2 aromatic rings. The van der Waals surface area contributed by atoms with Crippen molar-refractivity contribution in [3.05, 3.63) is 51.7 Å². The van der Waals surface area contributed by atoms with Crippen LogP contribution >= 0.6 is 35.3 Å². The average molecular weight is 514 g/mol. The third-order valence-electron chi connectivity index (χ3n) is 4.99. The van der Waals surface area contributed by atoms with Gasteiger partial charge in [0, 0.05) is 23.3 Å². The molecule has 5 nitrogen and oxygen atoms in total. The van der Waals surface area contributed by atoms with Gasteiger partial charge in [-0.25, -0.2) is 0 Å². The summed E-state index contributed by atoms with van der Waals surface area (Å²) >= 11 is 1.82. The van der Waals surface area contributed by atoms with Crippen LogP contribution in [0.3, 0.4) is 0 Å². The summed E-state index contributed by atoms with van der Waals surface area (Å²) in [7, 11) is 3.53. The minimum Gasteiger partial charge on any atom is -0.497 e. The Bertz CT molecular complexity index is 741. The monoisotopic (exact) mass is 514 g/mol. The molecule has 0 aliphatic carbocycles. The summed E-state index contributed by atoms with van der Waals surface area (Å²) in [5.74, 6) is 1.74. The van der Waals surface area contributed by atoms with E-state index < -0.39 is 0 Å². The first-order chi connectivity index (χ1) is 13.2. The number of benzene rings is 1. The van der Waals surface area contributed by atoms with Gasteiger partial charge in [0.05, 0.1) is 19.7 Å². The van der Waals surface area contributed by atoms with E-state index in [-0.39, 0.29) is 24.0 Å². The molecule has 1 unspecified atom stereocenters. The molecule has 1 aromatic heterocycles. The molecule has 154 valence electrons. The Morgan fingerprint density at radius 2 is 1.86 bits per heavy atom. The second-order valence-corrected chi connectivity index (χ2v) is 8.22. The Hall–Kier alpha value is -1.32. The molecular weight excluding hydrogens is 483 g/mol. The van der Waals surface area contributed by atoms with Crippen LogP contribution in [0.1, 0.15) is 34.2 Å². The molecule has 0 amide bonds. The maximum atomic E-state index is 5.31. The molecule has 1 aliphatic heterocycles. The normalized spacial score (nSPS) is 15.8. The van der Waals surface area contributed by atoms with Crippen molar-refractivity contribution >= 4 is 41.3 Å². The van der Waals surface area contributed by atoms with Crippen LogP contribution in [-0.2, 0) is 6.54 Å². The van der Waals surface area contributed by atoms with Crippen molar-refractivity contribution in [2.75, 3.05) is 33.8 Å². The average Bonchev–Trinajstić information content (AvgIpc) is 3.37. The fourth-order valence-electron chi connectivity index (χ4n) is 3.50. The van der Waals surface area contributed by atoms with Crippen molar-refractivity contribution in [1.82, 2.24) is 15.5 Å². The van der Waals surface area contributed by atoms with E-state index in [0.29, 0.717) is 6.04 Å². The first kappa shape index (κ1) is 23.0. The molecule has 3 rings (SSSR count). The second-order valence-electron chi connectivity index (χ2n) is 6.85. The fraction of sp³-hybridized carbons (Fsp3) is 0.476. The quantitative estimate of drug-likeness (QED) is 0.331. The molecule has 2 heterocycles. The van der Waals surface area contributed by atoms with Gasteiger partial charge < -0.3 is 15.4 Å². The summed E-state index contributed by atoms with van der Waals surface area (Å²) in [5, 5.41) is 6.95. The predicted molar refractivity (Wildman–Crippen MR) is 129 cm³/mol. The van der Waals surface area contributed by atoms with Crippen LogP contribution in [0.15, 0.2) is 41.4 Å². The third-order valence-corrected chi connectivity index (χ3v) is 6.00. The molecule has 1 aromatic carbocycles. The van der Waals surface area contributed by atoms with Gasteiger partial charge in [0.25, 0.3) is 0 Å². The van der Waals surface area contributed by atoms with Crippen molar-refractivity contribution in [3.8, 4) is 5.75 Å². The fourth-order valence-corrected chi connectivity index (χ4v) is 4.33. The smallest absolute Gasteiger partial charge is 0.191 e. The van der Waals surface area contributed by atoms with Crippen LogP contribution in [0.25, 0.3) is 0 Å². The molecule has 2 N–H and O–H groups in total. The summed E-state index contributed by atoms with van der Waals surface area (Å²) in [6.45, 7) is 6.07. The van der Waals surface area contributed by atoms with E-state index >= 15 is 0 Å². The Morgan fingerprint density at radius 3 is 2.43 bits per heavy atom. The molecule has 7 heteroatoms. The minimum atomic E-state index is 0. The van der Waals surface area contributed by atoms with Crippen LogP contribution in [0.5, 0.6) is 5.75 Å². The molecule has 1 atom stereocenters. The van der Waals surface area contributed by atoms with E-state index in [0.717, 1.165) is 37.9 Å². The molecule has 0 saturated carbocycles. The van der Waals surface area contributed by atoms with Gasteiger partial charge in [-0.05, 0) is 62.7 Å². The number of thiophene rings is 1. The number of hydrogen-bond acceptors (Lipinski definition) is 4. The van der Waals surface area contributed by atoms with Gasteiger partial charge in [-0.1, -0.05) is 12.1 Å². The van der Waals surface area contributed by atoms with E-state index in [9.17, 15) is 0 Å². The molecule has 1 fully saturated rings. The standard InChI is InChI=1S/C21H30N4OS.HI/c1-16-6-11-19(27-16)14-23-21(22-2)24-15-20(25-12-4-5-13-25)17-7-9-18(26-3)10-8-17;/h6-11,20H,4-5,12-15H2,1-3H3,(H2,22,23,24);1H. The Labute approximate surface area is 189 Å². The van der Waals surface area contributed by atoms with Gasteiger partial charge in [0.1, 0.15) is 5.75 Å².